The highest BCUT2D eigenvalue weighted by Crippen LogP contribution is 2.26. The lowest BCUT2D eigenvalue weighted by Gasteiger charge is -2.42. The molecule has 2 rings (SSSR count). The van der Waals surface area contributed by atoms with Crippen LogP contribution in [0.25, 0.3) is 0 Å². The number of carboxylic acid groups (broad SMARTS) is 1. The number of carbonyl (C=O) groups excluding carboxylic acids is 1. The molecule has 8 N–H and O–H groups in total. The Hall–Kier alpha value is -3.28. The number of hydrogen-bond acceptors (Lipinski definition) is 13. The van der Waals surface area contributed by atoms with E-state index >= 15 is 0 Å². The fourth-order valence-corrected chi connectivity index (χ4v) is 4.10. The predicted molar refractivity (Wildman–Crippen MR) is 163 cm³/mol. The van der Waals surface area contributed by atoms with E-state index in [0.29, 0.717) is 0 Å². The Morgan fingerprint density at radius 2 is 1.11 bits per heavy atom. The summed E-state index contributed by atoms with van der Waals surface area (Å²) < 4.78 is 21.3. The third kappa shape index (κ3) is 11.5. The largest absolute Gasteiger partial charge is 0.478 e. The number of allylic oxidation sites excluding steroid dienone is 12. The first-order valence-electron chi connectivity index (χ1n) is 14.5. The third-order valence-electron chi connectivity index (χ3n) is 7.06. The molecular weight excluding hydrogens is 608 g/mol. The number of aliphatic hydroxyl groups excluding tert-OH is 7. The molecule has 14 heteroatoms. The third-order valence-corrected chi connectivity index (χ3v) is 7.06. The molecule has 256 valence electrons. The van der Waals surface area contributed by atoms with Gasteiger partial charge in [-0.1, -0.05) is 71.9 Å². The van der Waals surface area contributed by atoms with Crippen LogP contribution in [-0.4, -0.2) is 127 Å². The number of esters is 1. The SMILES string of the molecule is CC(/C=C/C=C(\C)C(=O)O)=C\C=C\C=C(C)\C=C\C=C(/C)C(=O)O[C@@H]1O[C@@H](CO[C@@H]2O[C@@H](CO)[C@@H](O)[C@H](O)[C@@H]2O)[C@@H](O)[C@H](O)[C@@H]1O. The van der Waals surface area contributed by atoms with E-state index in [-0.39, 0.29) is 11.1 Å². The average Bonchev–Trinajstić information content (AvgIpc) is 3.02. The zero-order chi connectivity index (χ0) is 34.6. The predicted octanol–water partition coefficient (Wildman–Crippen LogP) is -0.308. The molecule has 2 fully saturated rings. The molecule has 2 saturated heterocycles. The van der Waals surface area contributed by atoms with Gasteiger partial charge in [0.1, 0.15) is 48.8 Å². The number of aliphatic hydroxyl groups is 7. The van der Waals surface area contributed by atoms with Crippen LogP contribution in [0.15, 0.2) is 83.1 Å². The fourth-order valence-electron chi connectivity index (χ4n) is 4.10. The van der Waals surface area contributed by atoms with E-state index in [9.17, 15) is 45.3 Å². The summed E-state index contributed by atoms with van der Waals surface area (Å²) in [4.78, 5) is 23.4. The van der Waals surface area contributed by atoms with Crippen molar-refractivity contribution < 1.29 is 69.4 Å². The van der Waals surface area contributed by atoms with E-state index in [4.69, 9.17) is 24.1 Å². The second kappa shape index (κ2) is 18.8. The van der Waals surface area contributed by atoms with Gasteiger partial charge in [0, 0.05) is 11.1 Å². The van der Waals surface area contributed by atoms with E-state index in [1.54, 1.807) is 30.4 Å². The van der Waals surface area contributed by atoms with Gasteiger partial charge in [0.25, 0.3) is 0 Å². The van der Waals surface area contributed by atoms with Gasteiger partial charge in [-0.3, -0.25) is 0 Å². The summed E-state index contributed by atoms with van der Waals surface area (Å²) in [5, 5.41) is 79.1. The lowest BCUT2D eigenvalue weighted by Crippen LogP contribution is -2.61. The van der Waals surface area contributed by atoms with Crippen LogP contribution < -0.4 is 0 Å². The number of carbonyl (C=O) groups is 2. The Balaban J connectivity index is 1.94. The summed E-state index contributed by atoms with van der Waals surface area (Å²) in [7, 11) is 0. The minimum atomic E-state index is -1.80. The van der Waals surface area contributed by atoms with Crippen molar-refractivity contribution in [2.75, 3.05) is 13.2 Å². The standard InChI is InChI=1S/C32H44O14/c1-17(11-7-13-19(3)29(40)41)9-5-6-10-18(2)12-8-14-20(4)30(42)46-32-28(39)26(37)24(35)22(45-32)16-43-31-27(38)25(36)23(34)21(15-33)44-31/h5-14,21-28,31-39H,15-16H2,1-4H3,(H,40,41)/b6-5+,11-7+,12-8+,17-9+,18-10+,19-13+,20-14+/t21-,22-,23+,24+,25-,26-,27-,28-,31+,32-/m0/s1. The number of aliphatic carboxylic acids is 1. The van der Waals surface area contributed by atoms with Crippen molar-refractivity contribution in [2.45, 2.75) is 89.1 Å². The molecule has 0 radical (unpaired) electrons. The van der Waals surface area contributed by atoms with Crippen LogP contribution in [0, 0.1) is 0 Å². The van der Waals surface area contributed by atoms with Crippen LogP contribution >= 0.6 is 0 Å². The van der Waals surface area contributed by atoms with Gasteiger partial charge in [-0.25, -0.2) is 9.59 Å². The normalized spacial score (nSPS) is 33.7. The number of carboxylic acids is 1. The lowest BCUT2D eigenvalue weighted by molar-refractivity contribution is -0.326. The quantitative estimate of drug-likeness (QED) is 0.0725. The zero-order valence-electron chi connectivity index (χ0n) is 26.0. The summed E-state index contributed by atoms with van der Waals surface area (Å²) in [6, 6.07) is 0. The molecule has 10 atom stereocenters. The van der Waals surface area contributed by atoms with Crippen molar-refractivity contribution in [3.05, 3.63) is 83.1 Å². The molecule has 0 bridgehead atoms. The van der Waals surface area contributed by atoms with Crippen molar-refractivity contribution in [1.29, 1.82) is 0 Å². The first kappa shape index (κ1) is 38.9. The van der Waals surface area contributed by atoms with Gasteiger partial charge in [0.15, 0.2) is 6.29 Å². The van der Waals surface area contributed by atoms with E-state index in [1.165, 1.54) is 26.0 Å². The number of rotatable bonds is 13. The van der Waals surface area contributed by atoms with Gasteiger partial charge >= 0.3 is 11.9 Å². The molecule has 0 aromatic carbocycles. The van der Waals surface area contributed by atoms with Crippen molar-refractivity contribution >= 4 is 11.9 Å². The Morgan fingerprint density at radius 3 is 1.63 bits per heavy atom. The molecule has 0 unspecified atom stereocenters. The van der Waals surface area contributed by atoms with E-state index < -0.39 is 86.6 Å². The number of ether oxygens (including phenoxy) is 4. The van der Waals surface area contributed by atoms with Crippen LogP contribution in [0.1, 0.15) is 27.7 Å². The Bertz CT molecular complexity index is 1240. The van der Waals surface area contributed by atoms with Crippen LogP contribution in [0.5, 0.6) is 0 Å². The highest BCUT2D eigenvalue weighted by atomic mass is 16.7. The smallest absolute Gasteiger partial charge is 0.336 e. The van der Waals surface area contributed by atoms with Gasteiger partial charge in [0.05, 0.1) is 13.2 Å². The maximum atomic E-state index is 12.6. The van der Waals surface area contributed by atoms with Crippen molar-refractivity contribution in [3.63, 3.8) is 0 Å². The van der Waals surface area contributed by atoms with E-state index in [1.807, 2.05) is 32.1 Å². The number of hydrogen-bond donors (Lipinski definition) is 8. The van der Waals surface area contributed by atoms with Gasteiger partial charge in [-0.2, -0.15) is 0 Å². The lowest BCUT2D eigenvalue weighted by atomic mass is 9.98. The molecular formula is C32H44O14. The maximum absolute atomic E-state index is 12.6. The summed E-state index contributed by atoms with van der Waals surface area (Å²) >= 11 is 0. The van der Waals surface area contributed by atoms with Crippen LogP contribution in [0.4, 0.5) is 0 Å². The molecule has 2 aliphatic heterocycles. The van der Waals surface area contributed by atoms with Crippen LogP contribution in [-0.2, 0) is 28.5 Å². The molecule has 0 aliphatic carbocycles. The van der Waals surface area contributed by atoms with Crippen molar-refractivity contribution in [2.24, 2.45) is 0 Å². The molecule has 0 saturated carbocycles. The first-order chi connectivity index (χ1) is 21.7. The minimum absolute atomic E-state index is 0.127. The highest BCUT2D eigenvalue weighted by molar-refractivity contribution is 5.88. The van der Waals surface area contributed by atoms with Crippen molar-refractivity contribution in [1.82, 2.24) is 0 Å². The monoisotopic (exact) mass is 652 g/mol. The summed E-state index contributed by atoms with van der Waals surface area (Å²) in [6.45, 7) is 5.43. The molecule has 2 heterocycles. The van der Waals surface area contributed by atoms with Crippen molar-refractivity contribution in [3.8, 4) is 0 Å². The second-order valence-electron chi connectivity index (χ2n) is 10.9. The Morgan fingerprint density at radius 1 is 0.630 bits per heavy atom. The maximum Gasteiger partial charge on any atom is 0.336 e. The average molecular weight is 653 g/mol. The first-order valence-corrected chi connectivity index (χ1v) is 14.5. The summed E-state index contributed by atoms with van der Waals surface area (Å²) in [6.07, 6.45) is 0.855. The topological polar surface area (TPSA) is 233 Å². The fraction of sp³-hybridized carbons (Fsp3) is 0.500. The Kier molecular flexibility index (Phi) is 15.9. The molecule has 0 aromatic rings. The highest BCUT2D eigenvalue weighted by Gasteiger charge is 2.48. The van der Waals surface area contributed by atoms with Gasteiger partial charge in [-0.15, -0.1) is 0 Å². The van der Waals surface area contributed by atoms with E-state index in [2.05, 4.69) is 0 Å². The minimum Gasteiger partial charge on any atom is -0.478 e. The molecule has 2 aliphatic rings. The Labute approximate surface area is 266 Å². The van der Waals surface area contributed by atoms with Gasteiger partial charge in [0.2, 0.25) is 6.29 Å². The van der Waals surface area contributed by atoms with Crippen LogP contribution in [0.3, 0.4) is 0 Å². The molecule has 0 spiro atoms. The molecule has 14 nitrogen and oxygen atoms in total. The van der Waals surface area contributed by atoms with Crippen LogP contribution in [0.2, 0.25) is 0 Å². The van der Waals surface area contributed by atoms with Gasteiger partial charge in [-0.05, 0) is 27.7 Å². The second-order valence-corrected chi connectivity index (χ2v) is 10.9. The van der Waals surface area contributed by atoms with Gasteiger partial charge < -0.3 is 59.8 Å². The van der Waals surface area contributed by atoms with E-state index in [0.717, 1.165) is 11.1 Å². The molecule has 46 heavy (non-hydrogen) atoms. The zero-order valence-corrected chi connectivity index (χ0v) is 26.0. The summed E-state index contributed by atoms with van der Waals surface area (Å²) in [5.41, 5.74) is 2.11. The summed E-state index contributed by atoms with van der Waals surface area (Å²) in [5.74, 6) is -1.86. The molecule has 0 amide bonds. The molecule has 0 aromatic heterocycles.